The average Bonchev–Trinajstić information content (AvgIpc) is 2.70. The topological polar surface area (TPSA) is 76.7 Å². The van der Waals surface area contributed by atoms with Gasteiger partial charge in [-0.1, -0.05) is 0 Å². The van der Waals surface area contributed by atoms with Crippen molar-refractivity contribution in [3.63, 3.8) is 0 Å². The molecule has 0 fully saturated rings. The molecular formula is C10H12ClN5S. The summed E-state index contributed by atoms with van der Waals surface area (Å²) in [5.74, 6) is 0.533. The molecule has 1 atom stereocenters. The normalized spacial score (nSPS) is 12.4. The van der Waals surface area contributed by atoms with E-state index in [1.54, 1.807) is 11.3 Å². The van der Waals surface area contributed by atoms with Crippen LogP contribution in [-0.2, 0) is 0 Å². The molecule has 0 aromatic carbocycles. The molecule has 1 unspecified atom stereocenters. The number of nitrogens with one attached hydrogen (secondary N) is 1. The first-order valence-electron chi connectivity index (χ1n) is 5.03. The third-order valence-electron chi connectivity index (χ3n) is 2.15. The molecule has 0 aliphatic rings. The molecule has 7 heteroatoms. The minimum atomic E-state index is 0.0296. The van der Waals surface area contributed by atoms with Crippen LogP contribution in [0.15, 0.2) is 11.6 Å². The van der Waals surface area contributed by atoms with E-state index in [-0.39, 0.29) is 11.3 Å². The van der Waals surface area contributed by atoms with E-state index in [1.807, 2.05) is 19.2 Å². The highest BCUT2D eigenvalue weighted by atomic mass is 35.5. The lowest BCUT2D eigenvalue weighted by molar-refractivity contribution is 0.854. The molecule has 0 aliphatic carbocycles. The van der Waals surface area contributed by atoms with Crippen LogP contribution < -0.4 is 11.1 Å². The summed E-state index contributed by atoms with van der Waals surface area (Å²) in [5, 5.41) is 6.33. The number of nitrogens with zero attached hydrogens (tertiary/aromatic N) is 3. The zero-order valence-corrected chi connectivity index (χ0v) is 11.0. The van der Waals surface area contributed by atoms with Gasteiger partial charge in [0.25, 0.3) is 0 Å². The molecule has 0 saturated carbocycles. The molecule has 5 nitrogen and oxygen atoms in total. The maximum Gasteiger partial charge on any atom is 0.224 e. The first kappa shape index (κ1) is 12.1. The van der Waals surface area contributed by atoms with Gasteiger partial charge in [-0.2, -0.15) is 4.98 Å². The highest BCUT2D eigenvalue weighted by Gasteiger charge is 2.12. The van der Waals surface area contributed by atoms with E-state index in [0.717, 1.165) is 10.7 Å². The molecule has 17 heavy (non-hydrogen) atoms. The van der Waals surface area contributed by atoms with Crippen LogP contribution in [-0.4, -0.2) is 15.0 Å². The van der Waals surface area contributed by atoms with Crippen molar-refractivity contribution in [3.8, 4) is 0 Å². The highest BCUT2D eigenvalue weighted by molar-refractivity contribution is 7.09. The maximum absolute atomic E-state index is 5.76. The van der Waals surface area contributed by atoms with Crippen LogP contribution in [0.4, 0.5) is 11.5 Å². The molecule has 0 radical (unpaired) electrons. The Kier molecular flexibility index (Phi) is 3.44. The van der Waals surface area contributed by atoms with Crippen LogP contribution in [0.3, 0.4) is 0 Å². The summed E-state index contributed by atoms with van der Waals surface area (Å²) < 4.78 is 0. The van der Waals surface area contributed by atoms with Crippen LogP contribution in [0.2, 0.25) is 5.28 Å². The summed E-state index contributed by atoms with van der Waals surface area (Å²) in [6, 6.07) is 0.0296. The van der Waals surface area contributed by atoms with Crippen LogP contribution in [0.1, 0.15) is 23.7 Å². The Morgan fingerprint density at radius 2 is 2.24 bits per heavy atom. The highest BCUT2D eigenvalue weighted by Crippen LogP contribution is 2.24. The van der Waals surface area contributed by atoms with Gasteiger partial charge in [-0.3, -0.25) is 0 Å². The first-order valence-corrected chi connectivity index (χ1v) is 6.28. The molecule has 2 heterocycles. The zero-order chi connectivity index (χ0) is 12.4. The van der Waals surface area contributed by atoms with Gasteiger partial charge < -0.3 is 11.1 Å². The lowest BCUT2D eigenvalue weighted by atomic mass is 10.3. The van der Waals surface area contributed by atoms with Crippen molar-refractivity contribution in [1.82, 2.24) is 15.0 Å². The molecule has 2 rings (SSSR count). The molecule has 0 amide bonds. The van der Waals surface area contributed by atoms with Gasteiger partial charge in [0.2, 0.25) is 5.28 Å². The molecule has 2 aromatic heterocycles. The van der Waals surface area contributed by atoms with Crippen molar-refractivity contribution < 1.29 is 0 Å². The van der Waals surface area contributed by atoms with Crippen LogP contribution in [0.5, 0.6) is 0 Å². The number of hydrogen-bond acceptors (Lipinski definition) is 6. The Balaban J connectivity index is 2.18. The van der Waals surface area contributed by atoms with Gasteiger partial charge in [0.1, 0.15) is 5.01 Å². The number of anilines is 2. The fourth-order valence-electron chi connectivity index (χ4n) is 1.32. The summed E-state index contributed by atoms with van der Waals surface area (Å²) in [6.07, 6.45) is 1.48. The number of nitrogens with two attached hydrogens (primary N) is 1. The maximum atomic E-state index is 5.76. The Morgan fingerprint density at radius 1 is 1.47 bits per heavy atom. The summed E-state index contributed by atoms with van der Waals surface area (Å²) in [7, 11) is 0. The van der Waals surface area contributed by atoms with Crippen LogP contribution in [0, 0.1) is 6.92 Å². The van der Waals surface area contributed by atoms with Crippen LogP contribution >= 0.6 is 22.9 Å². The Bertz CT molecular complexity index is 527. The second kappa shape index (κ2) is 4.85. The zero-order valence-electron chi connectivity index (χ0n) is 9.44. The lowest BCUT2D eigenvalue weighted by Crippen LogP contribution is -2.10. The minimum absolute atomic E-state index is 0.0296. The molecule has 0 spiro atoms. The molecule has 0 aliphatic heterocycles. The first-order chi connectivity index (χ1) is 8.06. The van der Waals surface area contributed by atoms with Gasteiger partial charge in [0.15, 0.2) is 5.82 Å². The second-order valence-corrected chi connectivity index (χ2v) is 4.86. The Morgan fingerprint density at radius 3 is 2.88 bits per heavy atom. The van der Waals surface area contributed by atoms with Crippen molar-refractivity contribution in [2.24, 2.45) is 0 Å². The van der Waals surface area contributed by atoms with Gasteiger partial charge >= 0.3 is 0 Å². The van der Waals surface area contributed by atoms with Gasteiger partial charge in [0, 0.05) is 11.1 Å². The summed E-state index contributed by atoms with van der Waals surface area (Å²) in [6.45, 7) is 3.95. The molecule has 3 N–H and O–H groups in total. The lowest BCUT2D eigenvalue weighted by Gasteiger charge is -2.13. The third kappa shape index (κ3) is 2.83. The van der Waals surface area contributed by atoms with Gasteiger partial charge in [0.05, 0.1) is 17.9 Å². The van der Waals surface area contributed by atoms with E-state index in [9.17, 15) is 0 Å². The smallest absolute Gasteiger partial charge is 0.224 e. The number of halogens is 1. The fraction of sp³-hybridized carbons (Fsp3) is 0.300. The minimum Gasteiger partial charge on any atom is -0.394 e. The number of thiazole rings is 1. The van der Waals surface area contributed by atoms with Gasteiger partial charge in [-0.05, 0) is 25.4 Å². The Hall–Kier alpha value is -1.40. The van der Waals surface area contributed by atoms with Crippen molar-refractivity contribution in [2.75, 3.05) is 11.1 Å². The summed E-state index contributed by atoms with van der Waals surface area (Å²) in [4.78, 5) is 12.2. The van der Waals surface area contributed by atoms with Crippen LogP contribution in [0.25, 0.3) is 0 Å². The van der Waals surface area contributed by atoms with Gasteiger partial charge in [-0.15, -0.1) is 11.3 Å². The largest absolute Gasteiger partial charge is 0.394 e. The standard InChI is InChI=1S/C10H12ClN5S/c1-5-4-17-9(14-5)6(2)15-8-7(12)3-13-10(11)16-8/h3-4,6H,12H2,1-2H3,(H,13,15,16). The molecule has 2 aromatic rings. The van der Waals surface area contributed by atoms with Crippen molar-refractivity contribution in [1.29, 1.82) is 0 Å². The van der Waals surface area contributed by atoms with Gasteiger partial charge in [-0.25, -0.2) is 9.97 Å². The van der Waals surface area contributed by atoms with E-state index in [1.165, 1.54) is 6.20 Å². The van der Waals surface area contributed by atoms with E-state index in [4.69, 9.17) is 17.3 Å². The quantitative estimate of drug-likeness (QED) is 0.838. The van der Waals surface area contributed by atoms with Crippen molar-refractivity contribution in [3.05, 3.63) is 27.6 Å². The SMILES string of the molecule is Cc1csc(C(C)Nc2nc(Cl)ncc2N)n1. The van der Waals surface area contributed by atoms with E-state index in [2.05, 4.69) is 20.3 Å². The second-order valence-electron chi connectivity index (χ2n) is 3.64. The number of aryl methyl sites for hydroxylation is 1. The molecule has 90 valence electrons. The monoisotopic (exact) mass is 269 g/mol. The third-order valence-corrected chi connectivity index (χ3v) is 3.48. The molecule has 0 saturated heterocycles. The van der Waals surface area contributed by atoms with E-state index in [0.29, 0.717) is 11.5 Å². The van der Waals surface area contributed by atoms with E-state index >= 15 is 0 Å². The van der Waals surface area contributed by atoms with Crippen molar-refractivity contribution >= 4 is 34.4 Å². The van der Waals surface area contributed by atoms with Crippen molar-refractivity contribution in [2.45, 2.75) is 19.9 Å². The predicted octanol–water partition coefficient (Wildman–Crippen LogP) is 2.65. The number of rotatable bonds is 3. The average molecular weight is 270 g/mol. The molecular weight excluding hydrogens is 258 g/mol. The number of aromatic nitrogens is 3. The predicted molar refractivity (Wildman–Crippen MR) is 70.3 cm³/mol. The van der Waals surface area contributed by atoms with E-state index < -0.39 is 0 Å². The number of hydrogen-bond donors (Lipinski definition) is 2. The fourth-order valence-corrected chi connectivity index (χ4v) is 2.26. The summed E-state index contributed by atoms with van der Waals surface area (Å²) in [5.41, 5.74) is 7.23. The number of nitrogen functional groups attached to an aromatic ring is 1. The summed E-state index contributed by atoms with van der Waals surface area (Å²) >= 11 is 7.32. The molecule has 0 bridgehead atoms. The Labute approximate surface area is 108 Å².